The van der Waals surface area contributed by atoms with Crippen LogP contribution in [-0.2, 0) is 0 Å². The normalized spacial score (nSPS) is 10.3. The molecule has 1 amide bonds. The average molecular weight is 304 g/mol. The fourth-order valence-electron chi connectivity index (χ4n) is 1.88. The molecule has 0 saturated heterocycles. The number of anilines is 2. The predicted molar refractivity (Wildman–Crippen MR) is 83.0 cm³/mol. The van der Waals surface area contributed by atoms with E-state index in [0.717, 1.165) is 18.1 Å². The van der Waals surface area contributed by atoms with Crippen molar-refractivity contribution in [2.24, 2.45) is 0 Å². The summed E-state index contributed by atoms with van der Waals surface area (Å²) < 4.78 is 4.86. The van der Waals surface area contributed by atoms with Crippen molar-refractivity contribution in [2.45, 2.75) is 20.8 Å². The Bertz CT molecular complexity index is 640. The first-order chi connectivity index (χ1) is 10.6. The molecule has 0 bridgehead atoms. The molecule has 0 radical (unpaired) electrons. The van der Waals surface area contributed by atoms with E-state index in [9.17, 15) is 4.79 Å². The summed E-state index contributed by atoms with van der Waals surface area (Å²) in [5.41, 5.74) is 1.32. The summed E-state index contributed by atoms with van der Waals surface area (Å²) in [6, 6.07) is 1.88. The average Bonchev–Trinajstić information content (AvgIpc) is 2.89. The standard InChI is InChI=1S/C14H20N6O2/c1-4-15-12-7-9(2)19-14(20-12)17-6-5-16-13(21)11-8-18-22-10(11)3/h7-8H,4-6H2,1-3H3,(H,16,21)(H2,15,17,19,20). The van der Waals surface area contributed by atoms with Crippen LogP contribution < -0.4 is 16.0 Å². The summed E-state index contributed by atoms with van der Waals surface area (Å²) >= 11 is 0. The van der Waals surface area contributed by atoms with E-state index in [4.69, 9.17) is 4.52 Å². The third-order valence-corrected chi connectivity index (χ3v) is 2.90. The largest absolute Gasteiger partial charge is 0.370 e. The Balaban J connectivity index is 1.81. The quantitative estimate of drug-likeness (QED) is 0.663. The summed E-state index contributed by atoms with van der Waals surface area (Å²) in [6.07, 6.45) is 1.41. The van der Waals surface area contributed by atoms with E-state index in [-0.39, 0.29) is 5.91 Å². The number of nitrogens with one attached hydrogen (secondary N) is 3. The lowest BCUT2D eigenvalue weighted by Gasteiger charge is -2.09. The van der Waals surface area contributed by atoms with Gasteiger partial charge in [-0.1, -0.05) is 5.16 Å². The number of amides is 1. The molecule has 2 aromatic heterocycles. The van der Waals surface area contributed by atoms with Crippen LogP contribution in [0.4, 0.5) is 11.8 Å². The Morgan fingerprint density at radius 1 is 1.23 bits per heavy atom. The summed E-state index contributed by atoms with van der Waals surface area (Å²) in [4.78, 5) is 20.5. The molecule has 0 fully saturated rings. The van der Waals surface area contributed by atoms with Crippen LogP contribution in [0.25, 0.3) is 0 Å². The van der Waals surface area contributed by atoms with Gasteiger partial charge in [0.1, 0.15) is 17.1 Å². The number of hydrogen-bond acceptors (Lipinski definition) is 7. The number of carbonyl (C=O) groups is 1. The van der Waals surface area contributed by atoms with Crippen molar-refractivity contribution in [1.29, 1.82) is 0 Å². The minimum atomic E-state index is -0.209. The molecule has 0 saturated carbocycles. The zero-order valence-electron chi connectivity index (χ0n) is 12.9. The van der Waals surface area contributed by atoms with Crippen LogP contribution >= 0.6 is 0 Å². The van der Waals surface area contributed by atoms with Gasteiger partial charge in [0, 0.05) is 31.4 Å². The smallest absolute Gasteiger partial charge is 0.256 e. The van der Waals surface area contributed by atoms with E-state index >= 15 is 0 Å². The Kier molecular flexibility index (Phi) is 5.29. The molecule has 2 heterocycles. The predicted octanol–water partition coefficient (Wildman–Crippen LogP) is 1.36. The highest BCUT2D eigenvalue weighted by atomic mass is 16.5. The number of rotatable bonds is 7. The van der Waals surface area contributed by atoms with Gasteiger partial charge in [0.2, 0.25) is 5.95 Å². The molecule has 0 aliphatic carbocycles. The van der Waals surface area contributed by atoms with E-state index in [1.165, 1.54) is 6.20 Å². The number of aromatic nitrogens is 3. The van der Waals surface area contributed by atoms with Crippen molar-refractivity contribution >= 4 is 17.7 Å². The van der Waals surface area contributed by atoms with Crippen LogP contribution in [0.15, 0.2) is 16.8 Å². The number of aryl methyl sites for hydroxylation is 2. The van der Waals surface area contributed by atoms with Gasteiger partial charge in [-0.15, -0.1) is 0 Å². The van der Waals surface area contributed by atoms with Gasteiger partial charge in [-0.2, -0.15) is 4.98 Å². The maximum atomic E-state index is 11.9. The van der Waals surface area contributed by atoms with Crippen molar-refractivity contribution < 1.29 is 9.32 Å². The Labute approximate surface area is 128 Å². The summed E-state index contributed by atoms with van der Waals surface area (Å²) in [5, 5.41) is 12.6. The van der Waals surface area contributed by atoms with Crippen LogP contribution in [0, 0.1) is 13.8 Å². The van der Waals surface area contributed by atoms with Gasteiger partial charge < -0.3 is 20.5 Å². The van der Waals surface area contributed by atoms with Crippen LogP contribution in [-0.4, -0.2) is 40.7 Å². The molecule has 2 rings (SSSR count). The monoisotopic (exact) mass is 304 g/mol. The maximum Gasteiger partial charge on any atom is 0.256 e. The van der Waals surface area contributed by atoms with Gasteiger partial charge in [-0.3, -0.25) is 4.79 Å². The highest BCUT2D eigenvalue weighted by Crippen LogP contribution is 2.09. The van der Waals surface area contributed by atoms with Crippen molar-refractivity contribution in [1.82, 2.24) is 20.4 Å². The molecular weight excluding hydrogens is 284 g/mol. The number of hydrogen-bond donors (Lipinski definition) is 3. The minimum Gasteiger partial charge on any atom is -0.370 e. The molecule has 0 aliphatic heterocycles. The number of nitrogens with zero attached hydrogens (tertiary/aromatic N) is 3. The van der Waals surface area contributed by atoms with Crippen LogP contribution in [0.1, 0.15) is 28.7 Å². The summed E-state index contributed by atoms with van der Waals surface area (Å²) in [7, 11) is 0. The maximum absolute atomic E-state index is 11.9. The fourth-order valence-corrected chi connectivity index (χ4v) is 1.88. The first-order valence-electron chi connectivity index (χ1n) is 7.13. The topological polar surface area (TPSA) is 105 Å². The lowest BCUT2D eigenvalue weighted by molar-refractivity contribution is 0.0953. The molecule has 118 valence electrons. The van der Waals surface area contributed by atoms with E-state index in [2.05, 4.69) is 31.1 Å². The van der Waals surface area contributed by atoms with Gasteiger partial charge in [-0.25, -0.2) is 4.98 Å². The Morgan fingerprint density at radius 3 is 2.73 bits per heavy atom. The third kappa shape index (κ3) is 4.18. The van der Waals surface area contributed by atoms with Crippen molar-refractivity contribution in [2.75, 3.05) is 30.3 Å². The molecule has 3 N–H and O–H groups in total. The van der Waals surface area contributed by atoms with Gasteiger partial charge >= 0.3 is 0 Å². The first-order valence-corrected chi connectivity index (χ1v) is 7.13. The summed E-state index contributed by atoms with van der Waals surface area (Å²) in [5.74, 6) is 1.61. The van der Waals surface area contributed by atoms with E-state index < -0.39 is 0 Å². The number of carbonyl (C=O) groups excluding carboxylic acids is 1. The van der Waals surface area contributed by atoms with Gasteiger partial charge in [0.15, 0.2) is 0 Å². The van der Waals surface area contributed by atoms with Crippen molar-refractivity contribution in [3.63, 3.8) is 0 Å². The fraction of sp³-hybridized carbons (Fsp3) is 0.429. The molecule has 2 aromatic rings. The molecule has 0 aliphatic rings. The molecule has 22 heavy (non-hydrogen) atoms. The zero-order chi connectivity index (χ0) is 15.9. The molecular formula is C14H20N6O2. The minimum absolute atomic E-state index is 0.209. The zero-order valence-corrected chi connectivity index (χ0v) is 12.9. The lowest BCUT2D eigenvalue weighted by atomic mass is 10.2. The van der Waals surface area contributed by atoms with E-state index in [1.807, 2.05) is 19.9 Å². The van der Waals surface area contributed by atoms with Crippen molar-refractivity contribution in [3.8, 4) is 0 Å². The van der Waals surface area contributed by atoms with Crippen LogP contribution in [0.2, 0.25) is 0 Å². The highest BCUT2D eigenvalue weighted by molar-refractivity contribution is 5.94. The van der Waals surface area contributed by atoms with Crippen LogP contribution in [0.5, 0.6) is 0 Å². The van der Waals surface area contributed by atoms with E-state index in [0.29, 0.717) is 30.4 Å². The lowest BCUT2D eigenvalue weighted by Crippen LogP contribution is -2.29. The molecule has 0 spiro atoms. The molecule has 0 aromatic carbocycles. The van der Waals surface area contributed by atoms with Gasteiger partial charge in [0.25, 0.3) is 5.91 Å². The van der Waals surface area contributed by atoms with E-state index in [1.54, 1.807) is 6.92 Å². The molecule has 0 unspecified atom stereocenters. The third-order valence-electron chi connectivity index (χ3n) is 2.90. The van der Waals surface area contributed by atoms with Gasteiger partial charge in [-0.05, 0) is 20.8 Å². The highest BCUT2D eigenvalue weighted by Gasteiger charge is 2.11. The second-order valence-corrected chi connectivity index (χ2v) is 4.73. The van der Waals surface area contributed by atoms with Gasteiger partial charge in [0.05, 0.1) is 6.20 Å². The SMILES string of the molecule is CCNc1cc(C)nc(NCCNC(=O)c2cnoc2C)n1. The Morgan fingerprint density at radius 2 is 2.05 bits per heavy atom. The first kappa shape index (κ1) is 15.7. The van der Waals surface area contributed by atoms with Crippen LogP contribution in [0.3, 0.4) is 0 Å². The van der Waals surface area contributed by atoms with Crippen molar-refractivity contribution in [3.05, 3.63) is 29.3 Å². The summed E-state index contributed by atoms with van der Waals surface area (Å²) in [6.45, 7) is 7.37. The Hall–Kier alpha value is -2.64. The second kappa shape index (κ2) is 7.39. The second-order valence-electron chi connectivity index (χ2n) is 4.73. The molecule has 8 heteroatoms. The molecule has 0 atom stereocenters. The molecule has 8 nitrogen and oxygen atoms in total.